The monoisotopic (exact) mass is 264 g/mol. The van der Waals surface area contributed by atoms with E-state index in [-0.39, 0.29) is 6.10 Å². The summed E-state index contributed by atoms with van der Waals surface area (Å²) in [5.74, 6) is 0.890. The summed E-state index contributed by atoms with van der Waals surface area (Å²) in [5, 5.41) is 0. The Labute approximate surface area is 111 Å². The van der Waals surface area contributed by atoms with Gasteiger partial charge in [-0.2, -0.15) is 0 Å². The van der Waals surface area contributed by atoms with Gasteiger partial charge < -0.3 is 4.74 Å². The van der Waals surface area contributed by atoms with E-state index in [4.69, 9.17) is 4.74 Å². The molecule has 0 spiro atoms. The van der Waals surface area contributed by atoms with Crippen molar-refractivity contribution in [2.75, 3.05) is 14.0 Å². The zero-order valence-electron chi connectivity index (χ0n) is 12.1. The van der Waals surface area contributed by atoms with E-state index in [2.05, 4.69) is 6.92 Å². The minimum Gasteiger partial charge on any atom is -0.347 e. The van der Waals surface area contributed by atoms with Gasteiger partial charge in [0.05, 0.1) is 13.3 Å². The van der Waals surface area contributed by atoms with Gasteiger partial charge >= 0.3 is 0 Å². The normalized spacial score (nSPS) is 23.3. The lowest BCUT2D eigenvalue weighted by Crippen LogP contribution is -2.21. The number of halogens is 2. The molecule has 0 aromatic carbocycles. The van der Waals surface area contributed by atoms with E-state index >= 15 is 0 Å². The van der Waals surface area contributed by atoms with Crippen molar-refractivity contribution < 1.29 is 13.5 Å². The quantitative estimate of drug-likeness (QED) is 0.531. The van der Waals surface area contributed by atoms with Crippen LogP contribution in [-0.2, 0) is 4.74 Å². The maximum Gasteiger partial charge on any atom is 0.188 e. The topological polar surface area (TPSA) is 9.23 Å². The highest BCUT2D eigenvalue weighted by atomic mass is 19.1. The molecule has 1 saturated carbocycles. The van der Waals surface area contributed by atoms with Gasteiger partial charge in [-0.15, -0.1) is 0 Å². The molecule has 1 aliphatic carbocycles. The molecule has 0 aliphatic heterocycles. The Morgan fingerprint density at radius 2 is 1.56 bits per heavy atom. The third kappa shape index (κ3) is 8.84. The molecule has 0 bridgehead atoms. The average molecular weight is 264 g/mol. The van der Waals surface area contributed by atoms with Crippen molar-refractivity contribution >= 4 is 0 Å². The van der Waals surface area contributed by atoms with Crippen LogP contribution in [0.3, 0.4) is 0 Å². The van der Waals surface area contributed by atoms with Crippen LogP contribution in [0.15, 0.2) is 0 Å². The van der Waals surface area contributed by atoms with Gasteiger partial charge in [0.15, 0.2) is 6.86 Å². The van der Waals surface area contributed by atoms with Gasteiger partial charge in [-0.1, -0.05) is 45.4 Å². The lowest BCUT2D eigenvalue weighted by atomic mass is 9.84. The summed E-state index contributed by atoms with van der Waals surface area (Å²) >= 11 is 0. The highest BCUT2D eigenvalue weighted by Crippen LogP contribution is 2.30. The van der Waals surface area contributed by atoms with Gasteiger partial charge in [-0.05, 0) is 31.6 Å². The minimum absolute atomic E-state index is 0.210. The fourth-order valence-corrected chi connectivity index (χ4v) is 2.71. The molecule has 0 unspecified atom stereocenters. The summed E-state index contributed by atoms with van der Waals surface area (Å²) in [4.78, 5) is 0. The minimum atomic E-state index is -0.605. The lowest BCUT2D eigenvalue weighted by molar-refractivity contribution is -0.0291. The Kier molecular flexibility index (Phi) is 13.1. The Balaban J connectivity index is 0.00000137. The summed E-state index contributed by atoms with van der Waals surface area (Å²) in [6.07, 6.45) is 13.1. The SMILES string of the molecule is CCCCCCCC1CCC(OCF)CC1.CF. The second kappa shape index (κ2) is 13.3. The van der Waals surface area contributed by atoms with E-state index in [1.165, 1.54) is 51.4 Å². The first-order valence-corrected chi connectivity index (χ1v) is 7.42. The molecular weight excluding hydrogens is 234 g/mol. The Morgan fingerprint density at radius 3 is 2.11 bits per heavy atom. The molecule has 110 valence electrons. The summed E-state index contributed by atoms with van der Waals surface area (Å²) in [6.45, 7) is 1.65. The van der Waals surface area contributed by atoms with Crippen molar-refractivity contribution in [3.05, 3.63) is 0 Å². The van der Waals surface area contributed by atoms with Crippen LogP contribution >= 0.6 is 0 Å². The molecule has 1 fully saturated rings. The summed E-state index contributed by atoms with van der Waals surface area (Å²) in [5.41, 5.74) is 0. The van der Waals surface area contributed by atoms with Crippen molar-refractivity contribution in [3.8, 4) is 0 Å². The molecule has 1 rings (SSSR count). The Hall–Kier alpha value is -0.180. The zero-order chi connectivity index (χ0) is 13.6. The third-order valence-corrected chi connectivity index (χ3v) is 3.81. The smallest absolute Gasteiger partial charge is 0.188 e. The Morgan fingerprint density at radius 1 is 0.944 bits per heavy atom. The predicted molar refractivity (Wildman–Crippen MR) is 73.2 cm³/mol. The van der Waals surface area contributed by atoms with Crippen LogP contribution in [-0.4, -0.2) is 20.1 Å². The van der Waals surface area contributed by atoms with Crippen molar-refractivity contribution in [1.82, 2.24) is 0 Å². The van der Waals surface area contributed by atoms with E-state index in [0.29, 0.717) is 7.18 Å². The van der Waals surface area contributed by atoms with Gasteiger partial charge in [0.25, 0.3) is 0 Å². The van der Waals surface area contributed by atoms with Crippen LogP contribution in [0, 0.1) is 5.92 Å². The molecule has 0 amide bonds. The predicted octanol–water partition coefficient (Wildman–Crippen LogP) is 5.44. The van der Waals surface area contributed by atoms with Crippen LogP contribution in [0.5, 0.6) is 0 Å². The first kappa shape index (κ1) is 17.8. The van der Waals surface area contributed by atoms with Crippen molar-refractivity contribution in [3.63, 3.8) is 0 Å². The fourth-order valence-electron chi connectivity index (χ4n) is 2.71. The summed E-state index contributed by atoms with van der Waals surface area (Å²) < 4.78 is 26.5. The molecule has 0 aromatic heterocycles. The first-order chi connectivity index (χ1) is 8.86. The molecule has 0 saturated heterocycles. The lowest BCUT2D eigenvalue weighted by Gasteiger charge is -2.27. The van der Waals surface area contributed by atoms with Crippen LogP contribution in [0.2, 0.25) is 0 Å². The number of ether oxygens (including phenoxy) is 1. The van der Waals surface area contributed by atoms with E-state index in [0.717, 1.165) is 18.8 Å². The Bertz CT molecular complexity index is 157. The highest BCUT2D eigenvalue weighted by Gasteiger charge is 2.20. The number of hydrogen-bond acceptors (Lipinski definition) is 1. The third-order valence-electron chi connectivity index (χ3n) is 3.81. The molecule has 0 heterocycles. The van der Waals surface area contributed by atoms with E-state index in [1.54, 1.807) is 0 Å². The number of hydrogen-bond donors (Lipinski definition) is 0. The molecular formula is C15H30F2O. The number of unbranched alkanes of at least 4 members (excludes halogenated alkanes) is 4. The number of rotatable bonds is 8. The molecule has 0 N–H and O–H groups in total. The molecule has 18 heavy (non-hydrogen) atoms. The van der Waals surface area contributed by atoms with E-state index < -0.39 is 6.86 Å². The van der Waals surface area contributed by atoms with Gasteiger partial charge in [0.2, 0.25) is 0 Å². The van der Waals surface area contributed by atoms with Gasteiger partial charge in [0.1, 0.15) is 0 Å². The molecule has 1 nitrogen and oxygen atoms in total. The van der Waals surface area contributed by atoms with Gasteiger partial charge in [-0.3, -0.25) is 4.39 Å². The highest BCUT2D eigenvalue weighted by molar-refractivity contribution is 4.72. The largest absolute Gasteiger partial charge is 0.347 e. The van der Waals surface area contributed by atoms with E-state index in [1.807, 2.05) is 0 Å². The van der Waals surface area contributed by atoms with Crippen molar-refractivity contribution in [1.29, 1.82) is 0 Å². The molecule has 3 heteroatoms. The van der Waals surface area contributed by atoms with Gasteiger partial charge in [-0.25, -0.2) is 4.39 Å². The molecule has 0 aromatic rings. The van der Waals surface area contributed by atoms with Crippen LogP contribution in [0.4, 0.5) is 8.78 Å². The van der Waals surface area contributed by atoms with Crippen molar-refractivity contribution in [2.24, 2.45) is 5.92 Å². The maximum absolute atomic E-state index is 12.0. The fraction of sp³-hybridized carbons (Fsp3) is 1.00. The van der Waals surface area contributed by atoms with Crippen molar-refractivity contribution in [2.45, 2.75) is 77.2 Å². The zero-order valence-corrected chi connectivity index (χ0v) is 12.1. The van der Waals surface area contributed by atoms with E-state index in [9.17, 15) is 8.78 Å². The second-order valence-corrected chi connectivity index (χ2v) is 5.12. The molecule has 1 aliphatic rings. The van der Waals surface area contributed by atoms with Crippen LogP contribution in [0.25, 0.3) is 0 Å². The number of alkyl halides is 2. The van der Waals surface area contributed by atoms with Gasteiger partial charge in [0, 0.05) is 0 Å². The molecule has 0 radical (unpaired) electrons. The average Bonchev–Trinajstić information content (AvgIpc) is 2.43. The van der Waals surface area contributed by atoms with Crippen LogP contribution < -0.4 is 0 Å². The van der Waals surface area contributed by atoms with Crippen LogP contribution in [0.1, 0.15) is 71.1 Å². The molecule has 0 atom stereocenters. The first-order valence-electron chi connectivity index (χ1n) is 7.42. The maximum atomic E-state index is 12.0. The summed E-state index contributed by atoms with van der Waals surface area (Å²) in [7, 11) is 0.500. The summed E-state index contributed by atoms with van der Waals surface area (Å²) in [6, 6.07) is 0. The second-order valence-electron chi connectivity index (χ2n) is 5.12. The standard InChI is InChI=1S/C14H27FO.CH3F/c1-2-3-4-5-6-7-13-8-10-14(11-9-13)16-12-15;1-2/h13-14H,2-12H2,1H3;1H3.